The summed E-state index contributed by atoms with van der Waals surface area (Å²) in [5, 5.41) is 3.67. The first kappa shape index (κ1) is 10.6. The van der Waals surface area contributed by atoms with E-state index in [9.17, 15) is 0 Å². The first-order valence-corrected chi connectivity index (χ1v) is 5.54. The summed E-state index contributed by atoms with van der Waals surface area (Å²) in [5.74, 6) is 1.59. The van der Waals surface area contributed by atoms with Crippen LogP contribution in [0.5, 0.6) is 0 Å². The van der Waals surface area contributed by atoms with E-state index in [0.717, 1.165) is 25.5 Å². The minimum absolute atomic E-state index is 0.463. The van der Waals surface area contributed by atoms with E-state index in [1.54, 1.807) is 12.4 Å². The Kier molecular flexibility index (Phi) is 3.38. The molecule has 82 valence electrons. The van der Waals surface area contributed by atoms with Crippen molar-refractivity contribution in [2.45, 2.75) is 6.42 Å². The highest BCUT2D eigenvalue weighted by atomic mass is 35.5. The van der Waals surface area contributed by atoms with Crippen molar-refractivity contribution in [2.24, 2.45) is 5.92 Å². The second kappa shape index (κ2) is 4.77. The molecule has 4 nitrogen and oxygen atoms in total. The van der Waals surface area contributed by atoms with E-state index in [-0.39, 0.29) is 0 Å². The van der Waals surface area contributed by atoms with Gasteiger partial charge in [-0.15, -0.1) is 0 Å². The lowest BCUT2D eigenvalue weighted by atomic mass is 10.1. The molecule has 0 radical (unpaired) electrons. The summed E-state index contributed by atoms with van der Waals surface area (Å²) in [5.41, 5.74) is 0. The largest absolute Gasteiger partial charge is 0.355 e. The summed E-state index contributed by atoms with van der Waals surface area (Å²) >= 11 is 5.81. The van der Waals surface area contributed by atoms with Crippen LogP contribution in [0.1, 0.15) is 6.42 Å². The molecule has 0 aromatic carbocycles. The SMILES string of the molecule is CNCC1CCN(c2cncc(Cl)n2)C1. The van der Waals surface area contributed by atoms with E-state index < -0.39 is 0 Å². The predicted octanol–water partition coefficient (Wildman–Crippen LogP) is 1.18. The van der Waals surface area contributed by atoms with Gasteiger partial charge in [-0.2, -0.15) is 0 Å². The Morgan fingerprint density at radius 1 is 1.60 bits per heavy atom. The summed E-state index contributed by atoms with van der Waals surface area (Å²) in [6, 6.07) is 0. The average Bonchev–Trinajstić information content (AvgIpc) is 2.67. The van der Waals surface area contributed by atoms with Crippen molar-refractivity contribution in [3.8, 4) is 0 Å². The molecule has 0 bridgehead atoms. The van der Waals surface area contributed by atoms with Crippen LogP contribution in [0.2, 0.25) is 5.15 Å². The van der Waals surface area contributed by atoms with Gasteiger partial charge >= 0.3 is 0 Å². The van der Waals surface area contributed by atoms with Gasteiger partial charge in [0.15, 0.2) is 0 Å². The maximum atomic E-state index is 5.81. The molecule has 1 aromatic heterocycles. The molecule has 1 atom stereocenters. The summed E-state index contributed by atoms with van der Waals surface area (Å²) in [6.07, 6.45) is 4.54. The van der Waals surface area contributed by atoms with E-state index in [4.69, 9.17) is 11.6 Å². The Bertz CT molecular complexity index is 331. The molecule has 1 aliphatic rings. The molecule has 5 heteroatoms. The minimum atomic E-state index is 0.463. The standard InChI is InChI=1S/C10H15ClN4/c1-12-4-8-2-3-15(7-8)10-6-13-5-9(11)14-10/h5-6,8,12H,2-4,7H2,1H3. The molecule has 2 rings (SSSR count). The fraction of sp³-hybridized carbons (Fsp3) is 0.600. The number of aromatic nitrogens is 2. The van der Waals surface area contributed by atoms with Crippen molar-refractivity contribution < 1.29 is 0 Å². The molecular formula is C10H15ClN4. The third kappa shape index (κ3) is 2.58. The number of hydrogen-bond donors (Lipinski definition) is 1. The fourth-order valence-electron chi connectivity index (χ4n) is 1.98. The lowest BCUT2D eigenvalue weighted by Crippen LogP contribution is -2.24. The Morgan fingerprint density at radius 3 is 3.20 bits per heavy atom. The van der Waals surface area contributed by atoms with Crippen LogP contribution in [0.25, 0.3) is 0 Å². The van der Waals surface area contributed by atoms with Crippen LogP contribution in [-0.2, 0) is 0 Å². The third-order valence-corrected chi connectivity index (χ3v) is 2.88. The molecule has 0 amide bonds. The summed E-state index contributed by atoms with van der Waals surface area (Å²) in [4.78, 5) is 10.5. The van der Waals surface area contributed by atoms with Crippen LogP contribution >= 0.6 is 11.6 Å². The lowest BCUT2D eigenvalue weighted by molar-refractivity contribution is 0.549. The van der Waals surface area contributed by atoms with Crippen LogP contribution < -0.4 is 10.2 Å². The smallest absolute Gasteiger partial charge is 0.149 e. The molecule has 0 saturated carbocycles. The Balaban J connectivity index is 2.01. The molecule has 1 aliphatic heterocycles. The molecular weight excluding hydrogens is 212 g/mol. The molecule has 15 heavy (non-hydrogen) atoms. The van der Waals surface area contributed by atoms with E-state index >= 15 is 0 Å². The molecule has 1 saturated heterocycles. The zero-order valence-electron chi connectivity index (χ0n) is 8.78. The Labute approximate surface area is 94.7 Å². The Morgan fingerprint density at radius 2 is 2.47 bits per heavy atom. The minimum Gasteiger partial charge on any atom is -0.355 e. The second-order valence-electron chi connectivity index (χ2n) is 3.86. The highest BCUT2D eigenvalue weighted by Gasteiger charge is 2.22. The summed E-state index contributed by atoms with van der Waals surface area (Å²) < 4.78 is 0. The quantitative estimate of drug-likeness (QED) is 0.841. The first-order valence-electron chi connectivity index (χ1n) is 5.16. The lowest BCUT2D eigenvalue weighted by Gasteiger charge is -2.16. The van der Waals surface area contributed by atoms with Gasteiger partial charge in [-0.1, -0.05) is 11.6 Å². The Hall–Kier alpha value is -0.870. The number of hydrogen-bond acceptors (Lipinski definition) is 4. The molecule has 1 unspecified atom stereocenters. The van der Waals surface area contributed by atoms with Gasteiger partial charge in [-0.3, -0.25) is 4.98 Å². The molecule has 1 aromatic rings. The van der Waals surface area contributed by atoms with Crippen molar-refractivity contribution in [1.29, 1.82) is 0 Å². The average molecular weight is 227 g/mol. The van der Waals surface area contributed by atoms with Gasteiger partial charge in [0.2, 0.25) is 0 Å². The highest BCUT2D eigenvalue weighted by Crippen LogP contribution is 2.21. The maximum absolute atomic E-state index is 5.81. The first-order chi connectivity index (χ1) is 7.29. The van der Waals surface area contributed by atoms with Crippen molar-refractivity contribution in [3.63, 3.8) is 0 Å². The van der Waals surface area contributed by atoms with Crippen LogP contribution in [-0.4, -0.2) is 36.6 Å². The van der Waals surface area contributed by atoms with Crippen LogP contribution in [0.15, 0.2) is 12.4 Å². The third-order valence-electron chi connectivity index (χ3n) is 2.70. The van der Waals surface area contributed by atoms with Gasteiger partial charge < -0.3 is 10.2 Å². The van der Waals surface area contributed by atoms with Crippen LogP contribution in [0, 0.1) is 5.92 Å². The van der Waals surface area contributed by atoms with Crippen LogP contribution in [0.4, 0.5) is 5.82 Å². The van der Waals surface area contributed by atoms with Gasteiger partial charge in [-0.05, 0) is 25.9 Å². The second-order valence-corrected chi connectivity index (χ2v) is 4.25. The molecule has 2 heterocycles. The molecule has 0 spiro atoms. The van der Waals surface area contributed by atoms with Crippen molar-refractivity contribution in [2.75, 3.05) is 31.6 Å². The summed E-state index contributed by atoms with van der Waals surface area (Å²) in [6.45, 7) is 3.14. The normalized spacial score (nSPS) is 20.9. The topological polar surface area (TPSA) is 41.0 Å². The number of nitrogens with one attached hydrogen (secondary N) is 1. The summed E-state index contributed by atoms with van der Waals surface area (Å²) in [7, 11) is 1.99. The van der Waals surface area contributed by atoms with Crippen molar-refractivity contribution in [1.82, 2.24) is 15.3 Å². The van der Waals surface area contributed by atoms with E-state index in [0.29, 0.717) is 11.1 Å². The van der Waals surface area contributed by atoms with Crippen LogP contribution in [0.3, 0.4) is 0 Å². The number of rotatable bonds is 3. The highest BCUT2D eigenvalue weighted by molar-refractivity contribution is 6.29. The predicted molar refractivity (Wildman–Crippen MR) is 61.3 cm³/mol. The molecule has 1 fully saturated rings. The van der Waals surface area contributed by atoms with Crippen molar-refractivity contribution >= 4 is 17.4 Å². The van der Waals surface area contributed by atoms with E-state index in [1.807, 2.05) is 7.05 Å². The molecule has 0 aliphatic carbocycles. The van der Waals surface area contributed by atoms with Gasteiger partial charge in [0.05, 0.1) is 12.4 Å². The molecule has 1 N–H and O–H groups in total. The monoisotopic (exact) mass is 226 g/mol. The number of nitrogens with zero attached hydrogens (tertiary/aromatic N) is 3. The van der Waals surface area contributed by atoms with Gasteiger partial charge in [0, 0.05) is 13.1 Å². The van der Waals surface area contributed by atoms with Gasteiger partial charge in [-0.25, -0.2) is 4.98 Å². The zero-order chi connectivity index (χ0) is 10.7. The van der Waals surface area contributed by atoms with Crippen molar-refractivity contribution in [3.05, 3.63) is 17.5 Å². The van der Waals surface area contributed by atoms with Gasteiger partial charge in [0.1, 0.15) is 11.0 Å². The van der Waals surface area contributed by atoms with E-state index in [2.05, 4.69) is 20.2 Å². The fourth-order valence-corrected chi connectivity index (χ4v) is 2.12. The van der Waals surface area contributed by atoms with E-state index in [1.165, 1.54) is 6.42 Å². The number of halogens is 1. The number of anilines is 1. The van der Waals surface area contributed by atoms with Gasteiger partial charge in [0.25, 0.3) is 0 Å². The zero-order valence-corrected chi connectivity index (χ0v) is 9.54. The maximum Gasteiger partial charge on any atom is 0.149 e.